The van der Waals surface area contributed by atoms with Crippen LogP contribution in [0, 0.1) is 20.8 Å². The van der Waals surface area contributed by atoms with Crippen LogP contribution in [0.2, 0.25) is 0 Å². The molecule has 0 spiro atoms. The zero-order valence-corrected chi connectivity index (χ0v) is 15.6. The number of hydrogen-bond donors (Lipinski definition) is 3. The average Bonchev–Trinajstić information content (AvgIpc) is 2.98. The number of aromatic nitrogens is 1. The molecule has 0 fully saturated rings. The van der Waals surface area contributed by atoms with Gasteiger partial charge in [0.1, 0.15) is 0 Å². The number of carbonyl (C=O) groups excluding carboxylic acids is 2. The number of aryl methyl sites for hydroxylation is 3. The number of primary amides is 1. The Morgan fingerprint density at radius 1 is 1.12 bits per heavy atom. The second-order valence-electron chi connectivity index (χ2n) is 6.09. The maximum Gasteiger partial charge on any atom is 0.312 e. The predicted octanol–water partition coefficient (Wildman–Crippen LogP) is 3.51. The second-order valence-corrected chi connectivity index (χ2v) is 6.94. The molecule has 1 aromatic heterocycles. The summed E-state index contributed by atoms with van der Waals surface area (Å²) in [5.41, 5.74) is 10.6. The number of carbonyl (C=O) groups is 2. The minimum absolute atomic E-state index is 0.0724. The molecule has 2 rings (SSSR count). The first kappa shape index (κ1) is 18.9. The predicted molar refractivity (Wildman–Crippen MR) is 102 cm³/mol. The van der Waals surface area contributed by atoms with Gasteiger partial charge < -0.3 is 16.4 Å². The lowest BCUT2D eigenvalue weighted by Crippen LogP contribution is -2.30. The van der Waals surface area contributed by atoms with Crippen molar-refractivity contribution in [2.24, 2.45) is 5.73 Å². The summed E-state index contributed by atoms with van der Waals surface area (Å²) in [6.45, 7) is 6.73. The zero-order chi connectivity index (χ0) is 18.4. The summed E-state index contributed by atoms with van der Waals surface area (Å²) >= 11 is 1.42. The van der Waals surface area contributed by atoms with Gasteiger partial charge in [0, 0.05) is 23.9 Å². The van der Waals surface area contributed by atoms with E-state index in [1.54, 1.807) is 0 Å². The Kier molecular flexibility index (Phi) is 6.52. The van der Waals surface area contributed by atoms with Gasteiger partial charge in [-0.3, -0.25) is 4.79 Å². The Labute approximate surface area is 151 Å². The van der Waals surface area contributed by atoms with Gasteiger partial charge in [0.25, 0.3) is 0 Å². The lowest BCUT2D eigenvalue weighted by atomic mass is 9.99. The molecule has 1 aromatic carbocycles. The molecule has 0 aliphatic carbocycles. The normalized spacial score (nSPS) is 10.5. The number of nitrogens with zero attached hydrogens (tertiary/aromatic N) is 1. The highest BCUT2D eigenvalue weighted by Gasteiger charge is 2.11. The lowest BCUT2D eigenvalue weighted by molar-refractivity contribution is -0.116. The van der Waals surface area contributed by atoms with E-state index in [1.165, 1.54) is 28.0 Å². The first-order valence-electron chi connectivity index (χ1n) is 8.23. The van der Waals surface area contributed by atoms with Crippen LogP contribution in [0.5, 0.6) is 0 Å². The number of thiazole rings is 1. The molecule has 1 heterocycles. The molecule has 0 atom stereocenters. The molecule has 0 saturated heterocycles. The van der Waals surface area contributed by atoms with Crippen LogP contribution < -0.4 is 16.4 Å². The third-order valence-electron chi connectivity index (χ3n) is 4.00. The van der Waals surface area contributed by atoms with E-state index in [0.29, 0.717) is 30.9 Å². The van der Waals surface area contributed by atoms with Crippen molar-refractivity contribution in [3.05, 3.63) is 34.2 Å². The molecule has 134 valence electrons. The van der Waals surface area contributed by atoms with Gasteiger partial charge in [-0.05, 0) is 56.4 Å². The monoisotopic (exact) mass is 360 g/mol. The fourth-order valence-corrected chi connectivity index (χ4v) is 3.22. The van der Waals surface area contributed by atoms with Crippen LogP contribution in [0.1, 0.15) is 36.0 Å². The molecule has 0 bridgehead atoms. The van der Waals surface area contributed by atoms with Gasteiger partial charge in [-0.1, -0.05) is 6.07 Å². The molecule has 0 saturated carbocycles. The third-order valence-corrected chi connectivity index (χ3v) is 4.75. The van der Waals surface area contributed by atoms with Crippen molar-refractivity contribution < 1.29 is 9.59 Å². The Morgan fingerprint density at radius 3 is 2.56 bits per heavy atom. The highest BCUT2D eigenvalue weighted by molar-refractivity contribution is 7.14. The summed E-state index contributed by atoms with van der Waals surface area (Å²) in [5.74, 6) is -0.0724. The zero-order valence-electron chi connectivity index (χ0n) is 14.8. The molecule has 0 aliphatic heterocycles. The quantitative estimate of drug-likeness (QED) is 0.659. The standard InChI is InChI=1S/C18H24N4O2S/c1-11-8-13(3)14(9-12(11)2)15-10-25-18(21-15)22-16(23)6-4-5-7-20-17(19)24/h8-10H,4-7H2,1-3H3,(H3,19,20,24)(H,21,22,23). The van der Waals surface area contributed by atoms with E-state index in [4.69, 9.17) is 5.73 Å². The smallest absolute Gasteiger partial charge is 0.312 e. The number of rotatable bonds is 7. The molecule has 4 N–H and O–H groups in total. The molecule has 25 heavy (non-hydrogen) atoms. The van der Waals surface area contributed by atoms with Crippen molar-refractivity contribution in [3.8, 4) is 11.3 Å². The molecule has 7 heteroatoms. The van der Waals surface area contributed by atoms with Gasteiger partial charge in [0.2, 0.25) is 5.91 Å². The first-order valence-corrected chi connectivity index (χ1v) is 9.11. The van der Waals surface area contributed by atoms with Gasteiger partial charge >= 0.3 is 6.03 Å². The average molecular weight is 360 g/mol. The van der Waals surface area contributed by atoms with E-state index in [1.807, 2.05) is 5.38 Å². The largest absolute Gasteiger partial charge is 0.352 e. The Hall–Kier alpha value is -2.41. The maximum atomic E-state index is 12.0. The van der Waals surface area contributed by atoms with Crippen molar-refractivity contribution in [2.45, 2.75) is 40.0 Å². The van der Waals surface area contributed by atoms with Gasteiger partial charge in [-0.25, -0.2) is 9.78 Å². The number of nitrogens with one attached hydrogen (secondary N) is 2. The van der Waals surface area contributed by atoms with Gasteiger partial charge in [0.05, 0.1) is 5.69 Å². The van der Waals surface area contributed by atoms with Crippen LogP contribution in [0.15, 0.2) is 17.5 Å². The van der Waals surface area contributed by atoms with E-state index in [-0.39, 0.29) is 5.91 Å². The van der Waals surface area contributed by atoms with Crippen LogP contribution in [-0.4, -0.2) is 23.5 Å². The molecule has 0 aliphatic rings. The highest BCUT2D eigenvalue weighted by Crippen LogP contribution is 2.29. The number of unbranched alkanes of at least 4 members (excludes halogenated alkanes) is 1. The Morgan fingerprint density at radius 2 is 1.84 bits per heavy atom. The molecule has 3 amide bonds. The van der Waals surface area contributed by atoms with Crippen molar-refractivity contribution in [1.29, 1.82) is 0 Å². The minimum Gasteiger partial charge on any atom is -0.352 e. The number of benzene rings is 1. The minimum atomic E-state index is -0.540. The second kappa shape index (κ2) is 8.62. The van der Waals surface area contributed by atoms with Crippen LogP contribution in [-0.2, 0) is 4.79 Å². The van der Waals surface area contributed by atoms with Gasteiger partial charge in [-0.15, -0.1) is 11.3 Å². The molecular weight excluding hydrogens is 336 g/mol. The molecule has 0 radical (unpaired) electrons. The van der Waals surface area contributed by atoms with Crippen molar-refractivity contribution in [2.75, 3.05) is 11.9 Å². The number of amides is 3. The first-order chi connectivity index (χ1) is 11.9. The molecule has 2 aromatic rings. The van der Waals surface area contributed by atoms with Gasteiger partial charge in [0.15, 0.2) is 5.13 Å². The highest BCUT2D eigenvalue weighted by atomic mass is 32.1. The fraction of sp³-hybridized carbons (Fsp3) is 0.389. The molecule has 6 nitrogen and oxygen atoms in total. The van der Waals surface area contributed by atoms with Crippen molar-refractivity contribution >= 4 is 28.4 Å². The SMILES string of the molecule is Cc1cc(C)c(-c2csc(NC(=O)CCCCNC(N)=O)n2)cc1C. The Balaban J connectivity index is 1.90. The summed E-state index contributed by atoms with van der Waals surface area (Å²) in [6.07, 6.45) is 1.78. The van der Waals surface area contributed by atoms with Crippen LogP contribution in [0.25, 0.3) is 11.3 Å². The summed E-state index contributed by atoms with van der Waals surface area (Å²) in [5, 5.41) is 7.90. The van der Waals surface area contributed by atoms with Crippen LogP contribution in [0.4, 0.5) is 9.93 Å². The number of anilines is 1. The molecule has 0 unspecified atom stereocenters. The van der Waals surface area contributed by atoms with Crippen LogP contribution >= 0.6 is 11.3 Å². The lowest BCUT2D eigenvalue weighted by Gasteiger charge is -2.07. The van der Waals surface area contributed by atoms with E-state index >= 15 is 0 Å². The summed E-state index contributed by atoms with van der Waals surface area (Å²) < 4.78 is 0. The van der Waals surface area contributed by atoms with E-state index < -0.39 is 6.03 Å². The van der Waals surface area contributed by atoms with E-state index in [9.17, 15) is 9.59 Å². The van der Waals surface area contributed by atoms with Crippen molar-refractivity contribution in [3.63, 3.8) is 0 Å². The van der Waals surface area contributed by atoms with Crippen LogP contribution in [0.3, 0.4) is 0 Å². The summed E-state index contributed by atoms with van der Waals surface area (Å²) in [7, 11) is 0. The molecular formula is C18H24N4O2S. The van der Waals surface area contributed by atoms with E-state index in [0.717, 1.165) is 11.3 Å². The third kappa shape index (κ3) is 5.56. The van der Waals surface area contributed by atoms with Crippen molar-refractivity contribution in [1.82, 2.24) is 10.3 Å². The summed E-state index contributed by atoms with van der Waals surface area (Å²) in [4.78, 5) is 27.0. The van der Waals surface area contributed by atoms with E-state index in [2.05, 4.69) is 48.5 Å². The van der Waals surface area contributed by atoms with Gasteiger partial charge in [-0.2, -0.15) is 0 Å². The number of nitrogens with two attached hydrogens (primary N) is 1. The summed E-state index contributed by atoms with van der Waals surface area (Å²) in [6, 6.07) is 3.75. The fourth-order valence-electron chi connectivity index (χ4n) is 2.50. The Bertz CT molecular complexity index is 770. The number of urea groups is 1. The topological polar surface area (TPSA) is 97.1 Å². The maximum absolute atomic E-state index is 12.0. The number of hydrogen-bond acceptors (Lipinski definition) is 4.